The minimum Gasteiger partial charge on any atom is -0.419 e. The fourth-order valence-electron chi connectivity index (χ4n) is 3.33. The fourth-order valence-corrected chi connectivity index (χ4v) is 4.63. The van der Waals surface area contributed by atoms with E-state index < -0.39 is 9.84 Å². The maximum absolute atomic E-state index is 13.3. The second kappa shape index (κ2) is 8.63. The second-order valence-electron chi connectivity index (χ2n) is 8.64. The maximum atomic E-state index is 13.3. The quantitative estimate of drug-likeness (QED) is 0.388. The van der Waals surface area contributed by atoms with Crippen LogP contribution in [0.25, 0.3) is 11.5 Å². The number of sulfone groups is 1. The van der Waals surface area contributed by atoms with Crippen LogP contribution in [0.2, 0.25) is 0 Å². The topological polar surface area (TPSA) is 72.2 Å². The van der Waals surface area contributed by atoms with Gasteiger partial charge in [0.15, 0.2) is 0 Å². The Bertz CT molecular complexity index is 1290. The van der Waals surface area contributed by atoms with Crippen molar-refractivity contribution < 1.29 is 12.8 Å². The first kappa shape index (κ1) is 21.8. The van der Waals surface area contributed by atoms with E-state index in [1.165, 1.54) is 5.56 Å². The molecule has 3 aromatic carbocycles. The van der Waals surface area contributed by atoms with E-state index in [0.29, 0.717) is 6.54 Å². The normalized spacial score (nSPS) is 12.0. The summed E-state index contributed by atoms with van der Waals surface area (Å²) in [6, 6.07) is 25.8. The van der Waals surface area contributed by atoms with Crippen molar-refractivity contribution in [3.63, 3.8) is 0 Å². The zero-order valence-electron chi connectivity index (χ0n) is 18.4. The molecule has 4 aromatic rings. The Hall–Kier alpha value is -3.38. The molecule has 164 valence electrons. The maximum Gasteiger partial charge on any atom is 0.234 e. The van der Waals surface area contributed by atoms with Gasteiger partial charge in [0, 0.05) is 12.1 Å². The first-order valence-electron chi connectivity index (χ1n) is 10.4. The molecule has 0 radical (unpaired) electrons. The number of nitrogens with zero attached hydrogens (tertiary/aromatic N) is 1. The SMILES string of the molecule is CC(C)(C)c1ccc(-c2nc(S(=O)(=O)c3ccccc3)c(NCc3ccccc3)o2)cc1. The van der Waals surface area contributed by atoms with Crippen LogP contribution in [0.1, 0.15) is 31.9 Å². The molecule has 5 nitrogen and oxygen atoms in total. The highest BCUT2D eigenvalue weighted by Gasteiger charge is 2.28. The van der Waals surface area contributed by atoms with Crippen molar-refractivity contribution in [2.75, 3.05) is 5.32 Å². The lowest BCUT2D eigenvalue weighted by Crippen LogP contribution is -2.10. The minimum atomic E-state index is -3.86. The average molecular weight is 447 g/mol. The number of nitrogens with one attached hydrogen (secondary N) is 1. The third-order valence-electron chi connectivity index (χ3n) is 5.20. The molecule has 4 rings (SSSR count). The second-order valence-corrected chi connectivity index (χ2v) is 10.5. The molecule has 0 amide bonds. The predicted octanol–water partition coefficient (Wildman–Crippen LogP) is 6.08. The number of hydrogen-bond acceptors (Lipinski definition) is 5. The van der Waals surface area contributed by atoms with E-state index in [-0.39, 0.29) is 27.1 Å². The summed E-state index contributed by atoms with van der Waals surface area (Å²) in [6.07, 6.45) is 0. The van der Waals surface area contributed by atoms with Crippen molar-refractivity contribution in [3.05, 3.63) is 96.1 Å². The number of oxazole rings is 1. The summed E-state index contributed by atoms with van der Waals surface area (Å²) >= 11 is 0. The van der Waals surface area contributed by atoms with Gasteiger partial charge in [0.05, 0.1) is 4.90 Å². The number of benzene rings is 3. The van der Waals surface area contributed by atoms with Gasteiger partial charge in [-0.1, -0.05) is 81.4 Å². The van der Waals surface area contributed by atoms with Crippen LogP contribution in [0.5, 0.6) is 0 Å². The third kappa shape index (κ3) is 4.60. The van der Waals surface area contributed by atoms with Crippen LogP contribution in [0.4, 0.5) is 5.88 Å². The molecule has 1 heterocycles. The van der Waals surface area contributed by atoms with Gasteiger partial charge < -0.3 is 9.73 Å². The van der Waals surface area contributed by atoms with Crippen LogP contribution in [0.3, 0.4) is 0 Å². The number of hydrogen-bond donors (Lipinski definition) is 1. The van der Waals surface area contributed by atoms with Crippen LogP contribution in [-0.2, 0) is 21.8 Å². The molecule has 0 spiro atoms. The fraction of sp³-hybridized carbons (Fsp3) is 0.192. The summed E-state index contributed by atoms with van der Waals surface area (Å²) in [5.41, 5.74) is 2.91. The molecular formula is C26H26N2O3S. The Kier molecular flexibility index (Phi) is 5.89. The van der Waals surface area contributed by atoms with Gasteiger partial charge in [0.25, 0.3) is 0 Å². The molecule has 0 unspecified atom stereocenters. The van der Waals surface area contributed by atoms with E-state index >= 15 is 0 Å². The van der Waals surface area contributed by atoms with Crippen LogP contribution in [0, 0.1) is 0 Å². The highest BCUT2D eigenvalue weighted by atomic mass is 32.2. The smallest absolute Gasteiger partial charge is 0.234 e. The van der Waals surface area contributed by atoms with Gasteiger partial charge in [-0.3, -0.25) is 0 Å². The Morgan fingerprint density at radius 1 is 0.844 bits per heavy atom. The van der Waals surface area contributed by atoms with Crippen molar-refractivity contribution in [3.8, 4) is 11.5 Å². The lowest BCUT2D eigenvalue weighted by atomic mass is 9.87. The predicted molar refractivity (Wildman–Crippen MR) is 126 cm³/mol. The van der Waals surface area contributed by atoms with Crippen molar-refractivity contribution >= 4 is 15.7 Å². The Morgan fingerprint density at radius 2 is 1.44 bits per heavy atom. The van der Waals surface area contributed by atoms with Gasteiger partial charge in [-0.2, -0.15) is 4.98 Å². The van der Waals surface area contributed by atoms with Crippen LogP contribution in [0.15, 0.2) is 99.3 Å². The van der Waals surface area contributed by atoms with Crippen LogP contribution < -0.4 is 5.32 Å². The van der Waals surface area contributed by atoms with E-state index in [9.17, 15) is 8.42 Å². The lowest BCUT2D eigenvalue weighted by molar-refractivity contribution is 0.575. The molecule has 0 fully saturated rings. The zero-order valence-corrected chi connectivity index (χ0v) is 19.2. The van der Waals surface area contributed by atoms with E-state index in [4.69, 9.17) is 4.42 Å². The summed E-state index contributed by atoms with van der Waals surface area (Å²) in [5.74, 6) is 0.392. The van der Waals surface area contributed by atoms with Gasteiger partial charge in [-0.05, 0) is 40.8 Å². The third-order valence-corrected chi connectivity index (χ3v) is 6.88. The van der Waals surface area contributed by atoms with Gasteiger partial charge in [0.2, 0.25) is 26.6 Å². The van der Waals surface area contributed by atoms with Gasteiger partial charge in [-0.15, -0.1) is 0 Å². The summed E-state index contributed by atoms with van der Waals surface area (Å²) in [6.45, 7) is 6.84. The van der Waals surface area contributed by atoms with Crippen molar-refractivity contribution in [1.82, 2.24) is 4.98 Å². The summed E-state index contributed by atoms with van der Waals surface area (Å²) in [7, 11) is -3.86. The average Bonchev–Trinajstić information content (AvgIpc) is 3.24. The molecule has 0 saturated carbocycles. The highest BCUT2D eigenvalue weighted by molar-refractivity contribution is 7.91. The molecule has 0 bridgehead atoms. The lowest BCUT2D eigenvalue weighted by Gasteiger charge is -2.18. The molecule has 32 heavy (non-hydrogen) atoms. The Balaban J connectivity index is 1.74. The first-order chi connectivity index (χ1) is 15.2. The molecular weight excluding hydrogens is 420 g/mol. The number of rotatable bonds is 6. The van der Waals surface area contributed by atoms with Gasteiger partial charge >= 0.3 is 0 Å². The molecule has 0 aliphatic rings. The minimum absolute atomic E-state index is 0.0132. The van der Waals surface area contributed by atoms with Crippen molar-refractivity contribution in [1.29, 1.82) is 0 Å². The summed E-state index contributed by atoms with van der Waals surface area (Å²) in [5, 5.41) is 3.01. The van der Waals surface area contributed by atoms with Crippen LogP contribution in [-0.4, -0.2) is 13.4 Å². The molecule has 0 aliphatic heterocycles. The number of aromatic nitrogens is 1. The molecule has 0 atom stereocenters. The Labute approximate surface area is 189 Å². The van der Waals surface area contributed by atoms with E-state index in [1.54, 1.807) is 30.3 Å². The van der Waals surface area contributed by atoms with E-state index in [0.717, 1.165) is 11.1 Å². The van der Waals surface area contributed by atoms with E-state index in [1.807, 2.05) is 54.6 Å². The van der Waals surface area contributed by atoms with E-state index in [2.05, 4.69) is 31.1 Å². The van der Waals surface area contributed by atoms with Crippen molar-refractivity contribution in [2.24, 2.45) is 0 Å². The van der Waals surface area contributed by atoms with Crippen molar-refractivity contribution in [2.45, 2.75) is 42.7 Å². The molecule has 0 saturated heterocycles. The van der Waals surface area contributed by atoms with Gasteiger partial charge in [0.1, 0.15) is 0 Å². The molecule has 0 aliphatic carbocycles. The number of anilines is 1. The highest BCUT2D eigenvalue weighted by Crippen LogP contribution is 2.33. The summed E-state index contributed by atoms with van der Waals surface area (Å²) < 4.78 is 32.6. The Morgan fingerprint density at radius 3 is 2.03 bits per heavy atom. The zero-order chi connectivity index (χ0) is 22.8. The largest absolute Gasteiger partial charge is 0.419 e. The van der Waals surface area contributed by atoms with Crippen LogP contribution >= 0.6 is 0 Å². The molecule has 1 N–H and O–H groups in total. The summed E-state index contributed by atoms with van der Waals surface area (Å²) in [4.78, 5) is 4.59. The molecule has 1 aromatic heterocycles. The first-order valence-corrected chi connectivity index (χ1v) is 11.9. The standard InChI is InChI=1S/C26H26N2O3S/c1-26(2,3)21-16-14-20(15-17-21)23-28-25(32(29,30)22-12-8-5-9-13-22)24(31-23)27-18-19-10-6-4-7-11-19/h4-17,27H,18H2,1-3H3. The van der Waals surface area contributed by atoms with Gasteiger partial charge in [-0.25, -0.2) is 8.42 Å². The monoisotopic (exact) mass is 446 g/mol. The molecule has 6 heteroatoms.